The number of ether oxygens (including phenoxy) is 1. The first-order chi connectivity index (χ1) is 17.4. The number of fused-ring (bicyclic) bond motifs is 7. The molecule has 0 aliphatic heterocycles. The van der Waals surface area contributed by atoms with Crippen LogP contribution in [0, 0.1) is 45.3 Å². The zero-order valence-corrected chi connectivity index (χ0v) is 24.2. The fourth-order valence-electron chi connectivity index (χ4n) is 11.6. The van der Waals surface area contributed by atoms with Crippen molar-refractivity contribution in [1.82, 2.24) is 0 Å². The molecule has 0 saturated heterocycles. The Labute approximate surface area is 225 Å². The molecule has 37 heavy (non-hydrogen) atoms. The Bertz CT molecular complexity index is 1120. The molecular weight excluding hydrogens is 454 g/mol. The number of methoxy groups -OCH3 is 1. The van der Waals surface area contributed by atoms with Gasteiger partial charge in [-0.05, 0) is 126 Å². The van der Waals surface area contributed by atoms with Crippen molar-refractivity contribution < 1.29 is 9.53 Å². The minimum absolute atomic E-state index is 0.100. The molecule has 202 valence electrons. The zero-order valence-electron chi connectivity index (χ0n) is 24.2. The second-order valence-electron chi connectivity index (χ2n) is 15.0. The van der Waals surface area contributed by atoms with E-state index in [0.29, 0.717) is 27.7 Å². The van der Waals surface area contributed by atoms with Gasteiger partial charge in [0.05, 0.1) is 12.7 Å². The van der Waals surface area contributed by atoms with E-state index < -0.39 is 0 Å². The molecule has 6 unspecified atom stereocenters. The molecule has 6 rings (SSSR count). The summed E-state index contributed by atoms with van der Waals surface area (Å²) in [4.78, 5) is 12.0. The third-order valence-corrected chi connectivity index (χ3v) is 13.6. The lowest BCUT2D eigenvalue weighted by atomic mass is 9.33. The Hall–Kier alpha value is -1.61. The molecule has 0 amide bonds. The first-order valence-electron chi connectivity index (χ1n) is 15.1. The first kappa shape index (κ1) is 25.7. The fourth-order valence-corrected chi connectivity index (χ4v) is 11.6. The summed E-state index contributed by atoms with van der Waals surface area (Å²) in [6.45, 7) is 13.1. The molecule has 1 aromatic carbocycles. The molecule has 4 fully saturated rings. The SMILES string of the molecule is COC(=O)c1ccc(C2=CCC3(C)C(CCC4(C)C3CC[C@@H]3C5CCCC5(N)CC[C@]34C)C2(C)C)cc1. The number of allylic oxidation sites excluding steroid dienone is 2. The maximum Gasteiger partial charge on any atom is 0.337 e. The summed E-state index contributed by atoms with van der Waals surface area (Å²) in [6.07, 6.45) is 15.7. The van der Waals surface area contributed by atoms with Gasteiger partial charge in [-0.15, -0.1) is 0 Å². The minimum atomic E-state index is -0.265. The topological polar surface area (TPSA) is 52.3 Å². The predicted octanol–water partition coefficient (Wildman–Crippen LogP) is 8.03. The van der Waals surface area contributed by atoms with Gasteiger partial charge in [-0.3, -0.25) is 0 Å². The highest BCUT2D eigenvalue weighted by Crippen LogP contribution is 2.75. The first-order valence-corrected chi connectivity index (χ1v) is 15.1. The maximum absolute atomic E-state index is 12.0. The van der Waals surface area contributed by atoms with Crippen LogP contribution in [0.2, 0.25) is 0 Å². The number of hydrogen-bond acceptors (Lipinski definition) is 3. The van der Waals surface area contributed by atoms with Gasteiger partial charge in [0.1, 0.15) is 0 Å². The lowest BCUT2D eigenvalue weighted by molar-refractivity contribution is -0.215. The molecule has 3 nitrogen and oxygen atoms in total. The number of nitrogens with two attached hydrogens (primary N) is 1. The number of carbonyl (C=O) groups excluding carboxylic acids is 1. The number of esters is 1. The average molecular weight is 504 g/mol. The van der Waals surface area contributed by atoms with Crippen LogP contribution < -0.4 is 5.73 Å². The van der Waals surface area contributed by atoms with Crippen LogP contribution in [-0.2, 0) is 4.74 Å². The highest BCUT2D eigenvalue weighted by Gasteiger charge is 2.69. The monoisotopic (exact) mass is 503 g/mol. The van der Waals surface area contributed by atoms with Crippen LogP contribution in [0.15, 0.2) is 30.3 Å². The largest absolute Gasteiger partial charge is 0.465 e. The van der Waals surface area contributed by atoms with E-state index in [0.717, 1.165) is 17.8 Å². The van der Waals surface area contributed by atoms with Gasteiger partial charge < -0.3 is 10.5 Å². The fraction of sp³-hybridized carbons (Fsp3) is 0.735. The molecular formula is C34H49NO2. The molecule has 0 aromatic heterocycles. The molecule has 8 atom stereocenters. The number of benzene rings is 1. The Morgan fingerprint density at radius 3 is 2.27 bits per heavy atom. The van der Waals surface area contributed by atoms with E-state index in [1.54, 1.807) is 0 Å². The van der Waals surface area contributed by atoms with Crippen molar-refractivity contribution in [3.8, 4) is 0 Å². The van der Waals surface area contributed by atoms with E-state index in [-0.39, 0.29) is 16.9 Å². The van der Waals surface area contributed by atoms with Crippen LogP contribution >= 0.6 is 0 Å². The lowest BCUT2D eigenvalue weighted by Crippen LogP contribution is -2.66. The summed E-state index contributed by atoms with van der Waals surface area (Å²) in [7, 11) is 1.45. The van der Waals surface area contributed by atoms with Crippen molar-refractivity contribution in [1.29, 1.82) is 0 Å². The molecule has 5 aliphatic carbocycles. The summed E-state index contributed by atoms with van der Waals surface area (Å²) >= 11 is 0. The third-order valence-electron chi connectivity index (χ3n) is 13.6. The van der Waals surface area contributed by atoms with Gasteiger partial charge in [-0.2, -0.15) is 0 Å². The molecule has 0 spiro atoms. The van der Waals surface area contributed by atoms with Gasteiger partial charge in [0.2, 0.25) is 0 Å². The van der Waals surface area contributed by atoms with E-state index in [1.165, 1.54) is 82.5 Å². The molecule has 0 radical (unpaired) electrons. The Kier molecular flexibility index (Phi) is 5.68. The van der Waals surface area contributed by atoms with E-state index >= 15 is 0 Å². The number of hydrogen-bond donors (Lipinski definition) is 1. The van der Waals surface area contributed by atoms with Crippen LogP contribution in [0.5, 0.6) is 0 Å². The lowest BCUT2D eigenvalue weighted by Gasteiger charge is -2.72. The van der Waals surface area contributed by atoms with E-state index in [4.69, 9.17) is 10.5 Å². The van der Waals surface area contributed by atoms with Gasteiger partial charge >= 0.3 is 5.97 Å². The van der Waals surface area contributed by atoms with Gasteiger partial charge in [0.25, 0.3) is 0 Å². The summed E-state index contributed by atoms with van der Waals surface area (Å²) in [5.74, 6) is 2.73. The van der Waals surface area contributed by atoms with Gasteiger partial charge in [-0.25, -0.2) is 4.79 Å². The molecule has 0 heterocycles. The molecule has 3 heteroatoms. The van der Waals surface area contributed by atoms with Crippen molar-refractivity contribution >= 4 is 11.5 Å². The van der Waals surface area contributed by atoms with E-state index in [9.17, 15) is 4.79 Å². The standard InChI is InChI=1S/C34H49NO2/c1-30(2)24(22-9-11-23(12-10-22)29(36)37-6)15-18-31(3)27(30)16-19-33(5)28(31)14-13-25-26-8-7-17-34(26,35)21-20-32(25,33)4/h9-12,15,25-28H,7-8,13-14,16-21,35H2,1-6H3/t25-,26?,27?,28?,31?,32-,33?,34?/m1/s1. The second-order valence-corrected chi connectivity index (χ2v) is 15.0. The van der Waals surface area contributed by atoms with Gasteiger partial charge in [0.15, 0.2) is 0 Å². The van der Waals surface area contributed by atoms with Crippen molar-refractivity contribution in [2.75, 3.05) is 7.11 Å². The highest BCUT2D eigenvalue weighted by molar-refractivity contribution is 5.89. The predicted molar refractivity (Wildman–Crippen MR) is 151 cm³/mol. The van der Waals surface area contributed by atoms with Crippen LogP contribution in [0.25, 0.3) is 5.57 Å². The second kappa shape index (κ2) is 8.20. The third kappa shape index (κ3) is 3.31. The minimum Gasteiger partial charge on any atom is -0.465 e. The van der Waals surface area contributed by atoms with Crippen molar-refractivity contribution in [2.45, 2.75) is 104 Å². The van der Waals surface area contributed by atoms with Crippen LogP contribution in [0.3, 0.4) is 0 Å². The normalized spacial score (nSPS) is 46.1. The molecule has 4 saturated carbocycles. The van der Waals surface area contributed by atoms with Crippen LogP contribution in [0.4, 0.5) is 0 Å². The van der Waals surface area contributed by atoms with Crippen molar-refractivity contribution in [3.05, 3.63) is 41.5 Å². The summed E-state index contributed by atoms with van der Waals surface area (Å²) < 4.78 is 4.92. The number of rotatable bonds is 2. The Morgan fingerprint density at radius 2 is 1.57 bits per heavy atom. The molecule has 1 aromatic rings. The van der Waals surface area contributed by atoms with Crippen LogP contribution in [-0.4, -0.2) is 18.6 Å². The highest BCUT2D eigenvalue weighted by atomic mass is 16.5. The summed E-state index contributed by atoms with van der Waals surface area (Å²) in [5, 5.41) is 0. The van der Waals surface area contributed by atoms with E-state index in [2.05, 4.69) is 52.8 Å². The maximum atomic E-state index is 12.0. The van der Waals surface area contributed by atoms with Crippen molar-refractivity contribution in [3.63, 3.8) is 0 Å². The summed E-state index contributed by atoms with van der Waals surface area (Å²) in [6, 6.07) is 8.11. The van der Waals surface area contributed by atoms with E-state index in [1.807, 2.05) is 12.1 Å². The zero-order chi connectivity index (χ0) is 26.4. The number of carbonyl (C=O) groups is 1. The van der Waals surface area contributed by atoms with Crippen molar-refractivity contribution in [2.24, 2.45) is 51.1 Å². The molecule has 5 aliphatic rings. The quantitative estimate of drug-likeness (QED) is 0.416. The Morgan fingerprint density at radius 1 is 0.838 bits per heavy atom. The summed E-state index contributed by atoms with van der Waals surface area (Å²) in [5.41, 5.74) is 11.8. The van der Waals surface area contributed by atoms with Crippen LogP contribution in [0.1, 0.15) is 115 Å². The Balaban J connectivity index is 1.34. The smallest absolute Gasteiger partial charge is 0.337 e. The molecule has 0 bridgehead atoms. The van der Waals surface area contributed by atoms with Gasteiger partial charge in [-0.1, -0.05) is 59.2 Å². The molecule has 2 N–H and O–H groups in total. The average Bonchev–Trinajstić information content (AvgIpc) is 3.26. The van der Waals surface area contributed by atoms with Gasteiger partial charge in [0, 0.05) is 5.54 Å².